The molecule has 1 fully saturated rings. The van der Waals surface area contributed by atoms with Gasteiger partial charge < -0.3 is 24.8 Å². The van der Waals surface area contributed by atoms with Gasteiger partial charge in [-0.15, -0.1) is 11.3 Å². The zero-order valence-electron chi connectivity index (χ0n) is 19.2. The molecule has 0 saturated carbocycles. The SMILES string of the molecule is Cc1c(C(=O)O)sc2ncnc(Nc3ccc(F)cc3O[C@@H]3CCN(C(=O)OC(C)(C)C)C3)c12. The number of aromatic nitrogens is 2. The number of nitrogens with one attached hydrogen (secondary N) is 1. The summed E-state index contributed by atoms with van der Waals surface area (Å²) in [5.41, 5.74) is 0.405. The van der Waals surface area contributed by atoms with Crippen molar-refractivity contribution in [2.75, 3.05) is 18.4 Å². The second-order valence-corrected chi connectivity index (χ2v) is 9.98. The second-order valence-electron chi connectivity index (χ2n) is 8.98. The molecule has 1 aromatic carbocycles. The number of hydrogen-bond donors (Lipinski definition) is 2. The van der Waals surface area contributed by atoms with Crippen molar-refractivity contribution in [1.82, 2.24) is 14.9 Å². The van der Waals surface area contributed by atoms with E-state index in [0.717, 1.165) is 11.3 Å². The Hall–Kier alpha value is -3.47. The Morgan fingerprint density at radius 1 is 1.29 bits per heavy atom. The van der Waals surface area contributed by atoms with Gasteiger partial charge in [0.15, 0.2) is 0 Å². The fraction of sp³-hybridized carbons (Fsp3) is 0.391. The average Bonchev–Trinajstić information content (AvgIpc) is 3.34. The molecule has 0 spiro atoms. The molecule has 34 heavy (non-hydrogen) atoms. The molecule has 1 aliphatic rings. The van der Waals surface area contributed by atoms with E-state index in [1.54, 1.807) is 32.6 Å². The number of halogens is 1. The number of carbonyl (C=O) groups excluding carboxylic acids is 1. The Balaban J connectivity index is 1.56. The molecule has 1 aliphatic heterocycles. The molecule has 3 aromatic rings. The lowest BCUT2D eigenvalue weighted by Crippen LogP contribution is -2.36. The highest BCUT2D eigenvalue weighted by molar-refractivity contribution is 7.20. The Morgan fingerprint density at radius 2 is 2.06 bits per heavy atom. The molecule has 1 amide bonds. The molecule has 9 nitrogen and oxygen atoms in total. The van der Waals surface area contributed by atoms with Gasteiger partial charge in [-0.1, -0.05) is 0 Å². The van der Waals surface area contributed by atoms with Gasteiger partial charge in [0.25, 0.3) is 0 Å². The fourth-order valence-electron chi connectivity index (χ4n) is 3.69. The van der Waals surface area contributed by atoms with Crippen LogP contribution in [0.3, 0.4) is 0 Å². The van der Waals surface area contributed by atoms with Gasteiger partial charge in [0.2, 0.25) is 0 Å². The van der Waals surface area contributed by atoms with E-state index in [2.05, 4.69) is 15.3 Å². The highest BCUT2D eigenvalue weighted by atomic mass is 32.1. The van der Waals surface area contributed by atoms with E-state index in [-0.39, 0.29) is 16.7 Å². The summed E-state index contributed by atoms with van der Waals surface area (Å²) in [6, 6.07) is 4.08. The summed E-state index contributed by atoms with van der Waals surface area (Å²) < 4.78 is 25.6. The van der Waals surface area contributed by atoms with Gasteiger partial charge in [-0.3, -0.25) is 0 Å². The third-order valence-corrected chi connectivity index (χ3v) is 6.40. The minimum absolute atomic E-state index is 0.183. The van der Waals surface area contributed by atoms with Gasteiger partial charge in [-0.25, -0.2) is 23.9 Å². The first-order chi connectivity index (χ1) is 16.0. The van der Waals surface area contributed by atoms with Crippen LogP contribution in [-0.4, -0.2) is 56.8 Å². The van der Waals surface area contributed by atoms with Gasteiger partial charge in [-0.2, -0.15) is 0 Å². The van der Waals surface area contributed by atoms with Crippen LogP contribution < -0.4 is 10.1 Å². The Kier molecular flexibility index (Phi) is 6.30. The second kappa shape index (κ2) is 9.05. The minimum Gasteiger partial charge on any atom is -0.486 e. The number of fused-ring (bicyclic) bond motifs is 1. The Labute approximate surface area is 199 Å². The number of aromatic carboxylic acids is 1. The molecule has 1 saturated heterocycles. The number of carboxylic acid groups (broad SMARTS) is 1. The standard InChI is InChI=1S/C23H25FN4O5S/c1-12-17-19(25-11-26-20(17)34-18(12)21(29)30)27-15-6-5-13(24)9-16(15)32-14-7-8-28(10-14)22(31)33-23(2,3)4/h5-6,9,11,14H,7-8,10H2,1-4H3,(H,29,30)(H,25,26,27)/t14-/m1/s1. The molecular formula is C23H25FN4O5S. The molecule has 0 unspecified atom stereocenters. The number of hydrogen-bond acceptors (Lipinski definition) is 8. The number of carboxylic acids is 1. The largest absolute Gasteiger partial charge is 0.486 e. The van der Waals surface area contributed by atoms with Crippen LogP contribution in [0, 0.1) is 12.7 Å². The normalized spacial score (nSPS) is 16.0. The van der Waals surface area contributed by atoms with E-state index in [4.69, 9.17) is 9.47 Å². The summed E-state index contributed by atoms with van der Waals surface area (Å²) in [7, 11) is 0. The molecule has 2 N–H and O–H groups in total. The first-order valence-electron chi connectivity index (χ1n) is 10.7. The van der Waals surface area contributed by atoms with Gasteiger partial charge in [0, 0.05) is 19.0 Å². The number of carbonyl (C=O) groups is 2. The van der Waals surface area contributed by atoms with Crippen molar-refractivity contribution in [2.45, 2.75) is 45.8 Å². The van der Waals surface area contributed by atoms with Crippen LogP contribution >= 0.6 is 11.3 Å². The van der Waals surface area contributed by atoms with Crippen molar-refractivity contribution in [2.24, 2.45) is 0 Å². The highest BCUT2D eigenvalue weighted by Crippen LogP contribution is 2.37. The van der Waals surface area contributed by atoms with Crippen LogP contribution in [-0.2, 0) is 4.74 Å². The lowest BCUT2D eigenvalue weighted by molar-refractivity contribution is 0.0275. The van der Waals surface area contributed by atoms with Crippen LogP contribution in [0.4, 0.5) is 20.7 Å². The zero-order valence-corrected chi connectivity index (χ0v) is 20.0. The summed E-state index contributed by atoms with van der Waals surface area (Å²) in [6.07, 6.45) is 1.15. The maximum absolute atomic E-state index is 14.1. The van der Waals surface area contributed by atoms with Crippen LogP contribution in [0.2, 0.25) is 0 Å². The molecule has 0 radical (unpaired) electrons. The maximum Gasteiger partial charge on any atom is 0.410 e. The number of nitrogens with zero attached hydrogens (tertiary/aromatic N) is 3. The lowest BCUT2D eigenvalue weighted by Gasteiger charge is -2.24. The van der Waals surface area contributed by atoms with Crippen molar-refractivity contribution >= 4 is 45.1 Å². The van der Waals surface area contributed by atoms with Crippen molar-refractivity contribution in [1.29, 1.82) is 0 Å². The lowest BCUT2D eigenvalue weighted by atomic mass is 10.2. The maximum atomic E-state index is 14.1. The van der Waals surface area contributed by atoms with Crippen LogP contribution in [0.5, 0.6) is 5.75 Å². The van der Waals surface area contributed by atoms with Gasteiger partial charge >= 0.3 is 12.1 Å². The smallest absolute Gasteiger partial charge is 0.410 e. The number of rotatable bonds is 5. The zero-order chi connectivity index (χ0) is 24.6. The predicted molar refractivity (Wildman–Crippen MR) is 126 cm³/mol. The van der Waals surface area contributed by atoms with Crippen LogP contribution in [0.15, 0.2) is 24.5 Å². The van der Waals surface area contributed by atoms with Crippen molar-refractivity contribution in [3.63, 3.8) is 0 Å². The minimum atomic E-state index is -1.03. The van der Waals surface area contributed by atoms with E-state index in [9.17, 15) is 19.1 Å². The van der Waals surface area contributed by atoms with E-state index < -0.39 is 23.5 Å². The quantitative estimate of drug-likeness (QED) is 0.518. The van der Waals surface area contributed by atoms with Crippen LogP contribution in [0.1, 0.15) is 42.4 Å². The summed E-state index contributed by atoms with van der Waals surface area (Å²) in [6.45, 7) is 7.89. The number of likely N-dealkylation sites (tertiary alicyclic amines) is 1. The summed E-state index contributed by atoms with van der Waals surface area (Å²) in [4.78, 5) is 34.6. The van der Waals surface area contributed by atoms with E-state index in [1.807, 2.05) is 0 Å². The molecular weight excluding hydrogens is 463 g/mol. The Bertz CT molecular complexity index is 1260. The first-order valence-corrected chi connectivity index (χ1v) is 11.5. The number of aryl methyl sites for hydroxylation is 1. The fourth-order valence-corrected chi connectivity index (χ4v) is 4.68. The van der Waals surface area contributed by atoms with Gasteiger partial charge in [-0.05, 0) is 45.4 Å². The van der Waals surface area contributed by atoms with E-state index in [0.29, 0.717) is 46.8 Å². The Morgan fingerprint density at radius 3 is 2.76 bits per heavy atom. The van der Waals surface area contributed by atoms with Gasteiger partial charge in [0.05, 0.1) is 17.6 Å². The van der Waals surface area contributed by atoms with Crippen molar-refractivity contribution < 1.29 is 28.6 Å². The molecule has 2 aromatic heterocycles. The average molecular weight is 489 g/mol. The topological polar surface area (TPSA) is 114 Å². The van der Waals surface area contributed by atoms with Crippen LogP contribution in [0.25, 0.3) is 10.2 Å². The molecule has 3 heterocycles. The molecule has 180 valence electrons. The van der Waals surface area contributed by atoms with Crippen molar-refractivity contribution in [3.05, 3.63) is 40.8 Å². The molecule has 11 heteroatoms. The number of amides is 1. The summed E-state index contributed by atoms with van der Waals surface area (Å²) >= 11 is 1.06. The number of anilines is 2. The summed E-state index contributed by atoms with van der Waals surface area (Å²) in [5, 5.41) is 13.2. The number of ether oxygens (including phenoxy) is 2. The van der Waals surface area contributed by atoms with Crippen molar-refractivity contribution in [3.8, 4) is 5.75 Å². The third kappa shape index (κ3) is 5.04. The van der Waals surface area contributed by atoms with E-state index in [1.165, 1.54) is 24.5 Å². The number of benzene rings is 1. The summed E-state index contributed by atoms with van der Waals surface area (Å²) in [5.74, 6) is -0.859. The molecule has 1 atom stereocenters. The number of thiophene rings is 1. The van der Waals surface area contributed by atoms with Gasteiger partial charge in [0.1, 0.15) is 45.1 Å². The first kappa shape index (κ1) is 23.7. The molecule has 4 rings (SSSR count). The monoisotopic (exact) mass is 488 g/mol. The predicted octanol–water partition coefficient (Wildman–Crippen LogP) is 4.97. The highest BCUT2D eigenvalue weighted by Gasteiger charge is 2.31. The molecule has 0 bridgehead atoms. The van der Waals surface area contributed by atoms with E-state index >= 15 is 0 Å². The molecule has 0 aliphatic carbocycles. The third-order valence-electron chi connectivity index (χ3n) is 5.21.